The number of carbonyl (C=O) groups excluding carboxylic acids is 2. The molecule has 0 aliphatic heterocycles. The minimum Gasteiger partial charge on any atom is -0.465 e. The summed E-state index contributed by atoms with van der Waals surface area (Å²) in [6.45, 7) is 5.73. The van der Waals surface area contributed by atoms with Crippen LogP contribution >= 0.6 is 0 Å². The molecule has 7 nitrogen and oxygen atoms in total. The van der Waals surface area contributed by atoms with Gasteiger partial charge in [-0.2, -0.15) is 13.2 Å². The number of amides is 3. The van der Waals surface area contributed by atoms with Crippen LogP contribution in [0.1, 0.15) is 27.7 Å². The lowest BCUT2D eigenvalue weighted by atomic mass is 10.0. The van der Waals surface area contributed by atoms with E-state index < -0.39 is 35.7 Å². The molecule has 0 aromatic rings. The summed E-state index contributed by atoms with van der Waals surface area (Å²) in [5, 5.41) is 9.01. The van der Waals surface area contributed by atoms with Gasteiger partial charge in [-0.25, -0.2) is 4.79 Å². The smallest absolute Gasteiger partial charge is 0.465 e. The Morgan fingerprint density at radius 1 is 1.10 bits per heavy atom. The van der Waals surface area contributed by atoms with Gasteiger partial charge in [-0.05, 0) is 27.7 Å². The number of carbonyl (C=O) groups is 3. The lowest BCUT2D eigenvalue weighted by Gasteiger charge is -2.37. The summed E-state index contributed by atoms with van der Waals surface area (Å²) in [6.07, 6.45) is -6.56. The first kappa shape index (κ1) is 18.0. The van der Waals surface area contributed by atoms with Crippen LogP contribution in [0.25, 0.3) is 0 Å². The number of carboxylic acid groups (broad SMARTS) is 1. The highest BCUT2D eigenvalue weighted by atomic mass is 19.4. The van der Waals surface area contributed by atoms with Gasteiger partial charge in [0.1, 0.15) is 6.04 Å². The van der Waals surface area contributed by atoms with Crippen molar-refractivity contribution in [2.75, 3.05) is 0 Å². The fourth-order valence-corrected chi connectivity index (χ4v) is 1.44. The number of nitrogens with one attached hydrogen (secondary N) is 2. The van der Waals surface area contributed by atoms with Gasteiger partial charge in [0.15, 0.2) is 0 Å². The molecule has 20 heavy (non-hydrogen) atoms. The van der Waals surface area contributed by atoms with Crippen molar-refractivity contribution in [1.82, 2.24) is 15.8 Å². The van der Waals surface area contributed by atoms with Crippen LogP contribution in [0, 0.1) is 0 Å². The van der Waals surface area contributed by atoms with Gasteiger partial charge in [-0.3, -0.25) is 25.3 Å². The Morgan fingerprint density at radius 3 is 1.85 bits per heavy atom. The summed E-state index contributed by atoms with van der Waals surface area (Å²) in [4.78, 5) is 33.9. The van der Waals surface area contributed by atoms with E-state index in [-0.39, 0.29) is 0 Å². The highest BCUT2D eigenvalue weighted by molar-refractivity contribution is 5.88. The Labute approximate surface area is 113 Å². The third kappa shape index (κ3) is 4.94. The minimum absolute atomic E-state index is 0.752. The van der Waals surface area contributed by atoms with Crippen molar-refractivity contribution < 1.29 is 32.7 Å². The van der Waals surface area contributed by atoms with Crippen molar-refractivity contribution in [3.05, 3.63) is 0 Å². The lowest BCUT2D eigenvalue weighted by Crippen LogP contribution is -2.58. The first-order chi connectivity index (χ1) is 8.78. The van der Waals surface area contributed by atoms with Gasteiger partial charge in [0.05, 0.1) is 0 Å². The summed E-state index contributed by atoms with van der Waals surface area (Å²) in [7, 11) is 0. The van der Waals surface area contributed by atoms with E-state index in [4.69, 9.17) is 5.11 Å². The normalized spacial score (nSPS) is 13.3. The average Bonchev–Trinajstić information content (AvgIpc) is 2.20. The van der Waals surface area contributed by atoms with Crippen LogP contribution in [0.15, 0.2) is 0 Å². The van der Waals surface area contributed by atoms with Crippen LogP contribution in [0.4, 0.5) is 18.0 Å². The number of hydrogen-bond acceptors (Lipinski definition) is 3. The molecular formula is C10H16F3N3O4. The van der Waals surface area contributed by atoms with Crippen LogP contribution in [-0.2, 0) is 9.59 Å². The molecule has 0 aliphatic carbocycles. The topological polar surface area (TPSA) is 98.7 Å². The molecule has 0 saturated heterocycles. The standard InChI is InChI=1S/C10H16F3N3O4/c1-5(16(8(19)20)9(2,3)4)6(17)14-15-7(18)10(11,12)13/h5H,1-4H3,(H,14,17)(H,15,18)(H,19,20)/t5-/m1/s1. The molecule has 3 N–H and O–H groups in total. The van der Waals surface area contributed by atoms with E-state index in [1.165, 1.54) is 38.5 Å². The fourth-order valence-electron chi connectivity index (χ4n) is 1.44. The summed E-state index contributed by atoms with van der Waals surface area (Å²) in [6, 6.07) is -1.29. The van der Waals surface area contributed by atoms with Crippen molar-refractivity contribution >= 4 is 17.9 Å². The van der Waals surface area contributed by atoms with Crippen LogP contribution in [0.3, 0.4) is 0 Å². The van der Waals surface area contributed by atoms with Gasteiger partial charge >= 0.3 is 18.2 Å². The summed E-state index contributed by atoms with van der Waals surface area (Å²) in [5.74, 6) is -3.43. The van der Waals surface area contributed by atoms with Gasteiger partial charge in [0.2, 0.25) is 0 Å². The SMILES string of the molecule is C[C@H](C(=O)NNC(=O)C(F)(F)F)N(C(=O)O)C(C)(C)C. The van der Waals surface area contributed by atoms with Gasteiger partial charge in [-0.1, -0.05) is 0 Å². The summed E-state index contributed by atoms with van der Waals surface area (Å²) < 4.78 is 35.7. The van der Waals surface area contributed by atoms with Crippen molar-refractivity contribution in [3.8, 4) is 0 Å². The first-order valence-electron chi connectivity index (χ1n) is 5.47. The van der Waals surface area contributed by atoms with Crippen LogP contribution in [0.2, 0.25) is 0 Å². The van der Waals surface area contributed by atoms with E-state index in [2.05, 4.69) is 0 Å². The van der Waals surface area contributed by atoms with Gasteiger partial charge in [-0.15, -0.1) is 0 Å². The highest BCUT2D eigenvalue weighted by Gasteiger charge is 2.40. The van der Waals surface area contributed by atoms with E-state index in [0.29, 0.717) is 0 Å². The molecule has 0 radical (unpaired) electrons. The second-order valence-corrected chi connectivity index (χ2v) is 4.94. The van der Waals surface area contributed by atoms with Crippen molar-refractivity contribution in [2.45, 2.75) is 45.5 Å². The van der Waals surface area contributed by atoms with E-state index in [9.17, 15) is 27.6 Å². The largest absolute Gasteiger partial charge is 0.472 e. The number of halogens is 3. The van der Waals surface area contributed by atoms with E-state index in [1.54, 1.807) is 0 Å². The molecular weight excluding hydrogens is 283 g/mol. The molecule has 0 aromatic carbocycles. The van der Waals surface area contributed by atoms with E-state index >= 15 is 0 Å². The predicted molar refractivity (Wildman–Crippen MR) is 61.4 cm³/mol. The zero-order chi connectivity index (χ0) is 16.3. The molecule has 3 amide bonds. The molecule has 0 aliphatic rings. The Balaban J connectivity index is 4.78. The highest BCUT2D eigenvalue weighted by Crippen LogP contribution is 2.17. The van der Waals surface area contributed by atoms with E-state index in [0.717, 1.165) is 4.90 Å². The molecule has 0 fully saturated rings. The Bertz CT molecular complexity index is 404. The van der Waals surface area contributed by atoms with Crippen molar-refractivity contribution in [1.29, 1.82) is 0 Å². The number of nitrogens with zero attached hydrogens (tertiary/aromatic N) is 1. The third-order valence-electron chi connectivity index (χ3n) is 2.25. The predicted octanol–water partition coefficient (Wildman–Crippen LogP) is 0.863. The van der Waals surface area contributed by atoms with Gasteiger partial charge < -0.3 is 5.11 Å². The quantitative estimate of drug-likeness (QED) is 0.659. The molecule has 0 aromatic heterocycles. The Morgan fingerprint density at radius 2 is 1.55 bits per heavy atom. The number of hydrogen-bond donors (Lipinski definition) is 3. The zero-order valence-electron chi connectivity index (χ0n) is 11.3. The Hall–Kier alpha value is -2.00. The summed E-state index contributed by atoms with van der Waals surface area (Å²) in [5.41, 5.74) is 1.75. The van der Waals surface area contributed by atoms with Crippen molar-refractivity contribution in [3.63, 3.8) is 0 Å². The minimum atomic E-state index is -5.15. The molecule has 116 valence electrons. The number of hydrazine groups is 1. The fraction of sp³-hybridized carbons (Fsp3) is 0.700. The Kier molecular flexibility index (Phi) is 5.37. The van der Waals surface area contributed by atoms with Crippen LogP contribution in [-0.4, -0.2) is 45.7 Å². The van der Waals surface area contributed by atoms with Crippen LogP contribution < -0.4 is 10.9 Å². The van der Waals surface area contributed by atoms with Gasteiger partial charge in [0.25, 0.3) is 5.91 Å². The molecule has 1 atom stereocenters. The molecule has 0 saturated carbocycles. The summed E-state index contributed by atoms with van der Waals surface area (Å²) >= 11 is 0. The number of alkyl halides is 3. The molecule has 0 heterocycles. The molecule has 0 rings (SSSR count). The maximum atomic E-state index is 11.9. The second kappa shape index (κ2) is 5.97. The average molecular weight is 299 g/mol. The second-order valence-electron chi connectivity index (χ2n) is 4.94. The van der Waals surface area contributed by atoms with Gasteiger partial charge in [0, 0.05) is 5.54 Å². The molecule has 0 spiro atoms. The molecule has 0 bridgehead atoms. The maximum Gasteiger partial charge on any atom is 0.472 e. The maximum absolute atomic E-state index is 11.9. The van der Waals surface area contributed by atoms with E-state index in [1.807, 2.05) is 0 Å². The molecule has 10 heteroatoms. The zero-order valence-corrected chi connectivity index (χ0v) is 11.3. The molecule has 0 unspecified atom stereocenters. The van der Waals surface area contributed by atoms with Crippen molar-refractivity contribution in [2.24, 2.45) is 0 Å². The first-order valence-corrected chi connectivity index (χ1v) is 5.47. The monoisotopic (exact) mass is 299 g/mol. The third-order valence-corrected chi connectivity index (χ3v) is 2.25. The van der Waals surface area contributed by atoms with Crippen LogP contribution in [0.5, 0.6) is 0 Å². The number of rotatable bonds is 2. The lowest BCUT2D eigenvalue weighted by molar-refractivity contribution is -0.175.